The summed E-state index contributed by atoms with van der Waals surface area (Å²) < 4.78 is 4.86. The molecule has 106 valence electrons. The topological polar surface area (TPSA) is 87.0 Å². The van der Waals surface area contributed by atoms with Crippen molar-refractivity contribution < 1.29 is 24.9 Å². The van der Waals surface area contributed by atoms with Gasteiger partial charge in [0, 0.05) is 18.8 Å². The van der Waals surface area contributed by atoms with Crippen molar-refractivity contribution in [2.45, 2.75) is 39.0 Å². The highest BCUT2D eigenvalue weighted by molar-refractivity contribution is 5.88. The second-order valence-corrected chi connectivity index (χ2v) is 4.10. The van der Waals surface area contributed by atoms with Crippen LogP contribution < -0.4 is 0 Å². The Bertz CT molecular complexity index is 260. The maximum Gasteiger partial charge on any atom is 0.333 e. The summed E-state index contributed by atoms with van der Waals surface area (Å²) in [7, 11) is 0. The van der Waals surface area contributed by atoms with Gasteiger partial charge in [-0.3, -0.25) is 0 Å². The molecule has 0 aromatic carbocycles. The molecule has 5 nitrogen and oxygen atoms in total. The van der Waals surface area contributed by atoms with Crippen LogP contribution in [0.2, 0.25) is 0 Å². The number of esters is 1. The lowest BCUT2D eigenvalue weighted by molar-refractivity contribution is -0.140. The Morgan fingerprint density at radius 1 is 0.944 bits per heavy atom. The van der Waals surface area contributed by atoms with Crippen molar-refractivity contribution >= 4 is 5.97 Å². The Hall–Kier alpha value is -0.910. The van der Waals surface area contributed by atoms with E-state index in [0.717, 1.165) is 18.4 Å². The fraction of sp³-hybridized carbons (Fsp3) is 0.769. The van der Waals surface area contributed by atoms with Crippen LogP contribution in [0.5, 0.6) is 0 Å². The molecule has 5 heteroatoms. The predicted octanol–water partition coefficient (Wildman–Crippen LogP) is 0.773. The first kappa shape index (κ1) is 17.1. The minimum atomic E-state index is -0.416. The van der Waals surface area contributed by atoms with Crippen LogP contribution in [-0.2, 0) is 9.53 Å². The molecule has 3 N–H and O–H groups in total. The van der Waals surface area contributed by atoms with Crippen LogP contribution in [0.4, 0.5) is 0 Å². The first-order valence-corrected chi connectivity index (χ1v) is 6.35. The quantitative estimate of drug-likeness (QED) is 0.307. The fourth-order valence-electron chi connectivity index (χ4n) is 1.63. The van der Waals surface area contributed by atoms with E-state index < -0.39 is 5.97 Å². The summed E-state index contributed by atoms with van der Waals surface area (Å²) in [5.41, 5.74) is 1.51. The maximum absolute atomic E-state index is 11.6. The first-order chi connectivity index (χ1) is 8.67. The van der Waals surface area contributed by atoms with Crippen molar-refractivity contribution in [3.05, 3.63) is 11.1 Å². The number of rotatable bonds is 10. The van der Waals surface area contributed by atoms with E-state index in [0.29, 0.717) is 24.8 Å². The third-order valence-corrected chi connectivity index (χ3v) is 2.68. The first-order valence-electron chi connectivity index (χ1n) is 6.35. The summed E-state index contributed by atoms with van der Waals surface area (Å²) in [5, 5.41) is 26.2. The van der Waals surface area contributed by atoms with Crippen molar-refractivity contribution in [1.29, 1.82) is 0 Å². The Morgan fingerprint density at radius 3 is 2.11 bits per heavy atom. The summed E-state index contributed by atoms with van der Waals surface area (Å²) in [4.78, 5) is 11.6. The van der Waals surface area contributed by atoms with Gasteiger partial charge in [-0.25, -0.2) is 4.79 Å². The molecule has 0 atom stereocenters. The zero-order valence-electron chi connectivity index (χ0n) is 11.0. The Kier molecular flexibility index (Phi) is 10.6. The molecule has 18 heavy (non-hydrogen) atoms. The third-order valence-electron chi connectivity index (χ3n) is 2.68. The molecule has 0 heterocycles. The van der Waals surface area contributed by atoms with Crippen LogP contribution in [0.15, 0.2) is 11.1 Å². The van der Waals surface area contributed by atoms with Crippen LogP contribution >= 0.6 is 0 Å². The van der Waals surface area contributed by atoms with E-state index in [2.05, 4.69) is 0 Å². The summed E-state index contributed by atoms with van der Waals surface area (Å²) in [6.45, 7) is 1.74. The van der Waals surface area contributed by atoms with Crippen LogP contribution in [0, 0.1) is 0 Å². The Balaban J connectivity index is 4.49. The minimum absolute atomic E-state index is 0.0000926. The Morgan fingerprint density at radius 2 is 1.56 bits per heavy atom. The van der Waals surface area contributed by atoms with Crippen LogP contribution in [0.3, 0.4) is 0 Å². The second kappa shape index (κ2) is 11.2. The van der Waals surface area contributed by atoms with E-state index in [-0.39, 0.29) is 26.4 Å². The standard InChI is InChI=1S/C13H24O5/c1-11(13(17)18-10-9-16)12(6-4-8-15)5-2-3-7-14/h14-16H,2-10H2,1H3. The van der Waals surface area contributed by atoms with Gasteiger partial charge < -0.3 is 20.1 Å². The molecule has 0 saturated heterocycles. The lowest BCUT2D eigenvalue weighted by Gasteiger charge is -2.11. The van der Waals surface area contributed by atoms with Gasteiger partial charge in [-0.05, 0) is 39.0 Å². The third kappa shape index (κ3) is 7.42. The molecule has 0 aliphatic rings. The zero-order chi connectivity index (χ0) is 13.8. The normalized spacial score (nSPS) is 12.2. The highest BCUT2D eigenvalue weighted by Gasteiger charge is 2.11. The number of ether oxygens (including phenoxy) is 1. The molecule has 0 saturated carbocycles. The van der Waals surface area contributed by atoms with E-state index >= 15 is 0 Å². The van der Waals surface area contributed by atoms with Gasteiger partial charge in [-0.2, -0.15) is 0 Å². The number of unbranched alkanes of at least 4 members (excludes halogenated alkanes) is 1. The van der Waals surface area contributed by atoms with Crippen molar-refractivity contribution in [3.63, 3.8) is 0 Å². The van der Waals surface area contributed by atoms with Crippen LogP contribution in [0.1, 0.15) is 39.0 Å². The van der Waals surface area contributed by atoms with Gasteiger partial charge in [-0.15, -0.1) is 0 Å². The van der Waals surface area contributed by atoms with Gasteiger partial charge in [-0.1, -0.05) is 5.57 Å². The lowest BCUT2D eigenvalue weighted by atomic mass is 9.98. The molecule has 0 spiro atoms. The molecule has 0 aromatic heterocycles. The molecule has 0 radical (unpaired) electrons. The second-order valence-electron chi connectivity index (χ2n) is 4.10. The Labute approximate surface area is 108 Å². The molecule has 0 aliphatic heterocycles. The van der Waals surface area contributed by atoms with Crippen LogP contribution in [0.25, 0.3) is 0 Å². The van der Waals surface area contributed by atoms with E-state index in [9.17, 15) is 4.79 Å². The molecule has 0 amide bonds. The number of allylic oxidation sites excluding steroid dienone is 1. The number of hydrogen-bond donors (Lipinski definition) is 3. The van der Waals surface area contributed by atoms with E-state index in [1.807, 2.05) is 0 Å². The molecule has 0 bridgehead atoms. The van der Waals surface area contributed by atoms with E-state index in [1.165, 1.54) is 0 Å². The molecule has 0 aliphatic carbocycles. The molecule has 0 aromatic rings. The average Bonchev–Trinajstić information content (AvgIpc) is 2.39. The molecule has 0 unspecified atom stereocenters. The van der Waals surface area contributed by atoms with Crippen molar-refractivity contribution in [3.8, 4) is 0 Å². The van der Waals surface area contributed by atoms with Gasteiger partial charge in [0.1, 0.15) is 6.61 Å². The summed E-state index contributed by atoms with van der Waals surface area (Å²) in [6, 6.07) is 0. The number of carbonyl (C=O) groups excluding carboxylic acids is 1. The number of aliphatic hydroxyl groups excluding tert-OH is 3. The number of hydrogen-bond acceptors (Lipinski definition) is 5. The zero-order valence-corrected chi connectivity index (χ0v) is 11.0. The summed E-state index contributed by atoms with van der Waals surface area (Å²) in [6.07, 6.45) is 3.49. The molecule has 0 fully saturated rings. The average molecular weight is 260 g/mol. The van der Waals surface area contributed by atoms with Gasteiger partial charge in [0.05, 0.1) is 6.61 Å². The number of carbonyl (C=O) groups is 1. The van der Waals surface area contributed by atoms with E-state index in [4.69, 9.17) is 20.1 Å². The predicted molar refractivity (Wildman–Crippen MR) is 68.0 cm³/mol. The van der Waals surface area contributed by atoms with Crippen molar-refractivity contribution in [1.82, 2.24) is 0 Å². The molecule has 0 rings (SSSR count). The molecular weight excluding hydrogens is 236 g/mol. The van der Waals surface area contributed by atoms with Gasteiger partial charge in [0.2, 0.25) is 0 Å². The lowest BCUT2D eigenvalue weighted by Crippen LogP contribution is -2.11. The SMILES string of the molecule is CC(C(=O)OCCO)=C(CCCO)CCCCO. The van der Waals surface area contributed by atoms with Gasteiger partial charge >= 0.3 is 5.97 Å². The number of aliphatic hydroxyl groups is 3. The highest BCUT2D eigenvalue weighted by Crippen LogP contribution is 2.19. The summed E-state index contributed by atoms with van der Waals surface area (Å²) in [5.74, 6) is -0.416. The maximum atomic E-state index is 11.6. The van der Waals surface area contributed by atoms with Crippen molar-refractivity contribution in [2.24, 2.45) is 0 Å². The van der Waals surface area contributed by atoms with Gasteiger partial charge in [0.25, 0.3) is 0 Å². The monoisotopic (exact) mass is 260 g/mol. The highest BCUT2D eigenvalue weighted by atomic mass is 16.5. The molecular formula is C13H24O5. The fourth-order valence-corrected chi connectivity index (χ4v) is 1.63. The summed E-state index contributed by atoms with van der Waals surface area (Å²) >= 11 is 0. The smallest absolute Gasteiger partial charge is 0.333 e. The minimum Gasteiger partial charge on any atom is -0.460 e. The van der Waals surface area contributed by atoms with Crippen molar-refractivity contribution in [2.75, 3.05) is 26.4 Å². The van der Waals surface area contributed by atoms with Gasteiger partial charge in [0.15, 0.2) is 0 Å². The van der Waals surface area contributed by atoms with Crippen LogP contribution in [-0.4, -0.2) is 47.7 Å². The van der Waals surface area contributed by atoms with E-state index in [1.54, 1.807) is 6.92 Å². The largest absolute Gasteiger partial charge is 0.460 e.